The van der Waals surface area contributed by atoms with Gasteiger partial charge in [0.15, 0.2) is 0 Å². The van der Waals surface area contributed by atoms with Gasteiger partial charge >= 0.3 is 0 Å². The lowest BCUT2D eigenvalue weighted by molar-refractivity contribution is -0.0494. The molecule has 0 bridgehead atoms. The number of aromatic nitrogens is 1. The standard InChI is InChI=1S/C22H20ClF2N3O/c1-14-4-2-7-17-19(14)18(21(29)28-10-8-22(24,25)9-11-28)13-26-20(17)27-16-6-3-5-15(23)12-16/h2-7,12-13H,8-11H2,1H3,(H,26,27). The molecule has 2 aromatic carbocycles. The predicted molar refractivity (Wildman–Crippen MR) is 111 cm³/mol. The summed E-state index contributed by atoms with van der Waals surface area (Å²) in [5, 5.41) is 5.42. The van der Waals surface area contributed by atoms with E-state index in [2.05, 4.69) is 10.3 Å². The van der Waals surface area contributed by atoms with Crippen LogP contribution in [0.2, 0.25) is 5.02 Å². The van der Waals surface area contributed by atoms with E-state index >= 15 is 0 Å². The van der Waals surface area contributed by atoms with E-state index in [-0.39, 0.29) is 31.8 Å². The van der Waals surface area contributed by atoms with Crippen LogP contribution in [-0.2, 0) is 0 Å². The largest absolute Gasteiger partial charge is 0.340 e. The number of alkyl halides is 2. The Morgan fingerprint density at radius 2 is 1.90 bits per heavy atom. The molecule has 4 rings (SSSR count). The molecule has 0 atom stereocenters. The molecule has 150 valence electrons. The van der Waals surface area contributed by atoms with Crippen molar-refractivity contribution in [2.24, 2.45) is 0 Å². The topological polar surface area (TPSA) is 45.2 Å². The van der Waals surface area contributed by atoms with E-state index in [4.69, 9.17) is 11.6 Å². The van der Waals surface area contributed by atoms with Gasteiger partial charge in [-0.1, -0.05) is 35.9 Å². The lowest BCUT2D eigenvalue weighted by atomic mass is 9.99. The van der Waals surface area contributed by atoms with Gasteiger partial charge in [0.2, 0.25) is 0 Å². The molecule has 1 N–H and O–H groups in total. The Bertz CT molecular complexity index is 1080. The van der Waals surface area contributed by atoms with Crippen molar-refractivity contribution in [1.29, 1.82) is 0 Å². The monoisotopic (exact) mass is 415 g/mol. The van der Waals surface area contributed by atoms with Gasteiger partial charge in [0.1, 0.15) is 5.82 Å². The van der Waals surface area contributed by atoms with Gasteiger partial charge in [-0.25, -0.2) is 13.8 Å². The van der Waals surface area contributed by atoms with Crippen LogP contribution in [0.5, 0.6) is 0 Å². The molecule has 0 aliphatic carbocycles. The molecule has 1 aromatic heterocycles. The summed E-state index contributed by atoms with van der Waals surface area (Å²) in [4.78, 5) is 19.1. The minimum absolute atomic E-state index is 0.0434. The highest BCUT2D eigenvalue weighted by molar-refractivity contribution is 6.30. The first-order valence-corrected chi connectivity index (χ1v) is 9.80. The molecular formula is C22H20ClF2N3O. The van der Waals surface area contributed by atoms with Crippen molar-refractivity contribution in [3.63, 3.8) is 0 Å². The molecule has 1 aliphatic rings. The smallest absolute Gasteiger partial charge is 0.256 e. The lowest BCUT2D eigenvalue weighted by Gasteiger charge is -2.32. The van der Waals surface area contributed by atoms with Crippen LogP contribution in [0.25, 0.3) is 10.8 Å². The van der Waals surface area contributed by atoms with Crippen molar-refractivity contribution in [2.45, 2.75) is 25.7 Å². The number of aryl methyl sites for hydroxylation is 1. The van der Waals surface area contributed by atoms with Crippen molar-refractivity contribution in [3.05, 3.63) is 64.8 Å². The van der Waals surface area contributed by atoms with Gasteiger partial charge in [0.25, 0.3) is 11.8 Å². The summed E-state index contributed by atoms with van der Waals surface area (Å²) in [6, 6.07) is 13.0. The Hall–Kier alpha value is -2.73. The third-order valence-electron chi connectivity index (χ3n) is 5.22. The molecule has 4 nitrogen and oxygen atoms in total. The molecule has 0 spiro atoms. The minimum Gasteiger partial charge on any atom is -0.340 e. The van der Waals surface area contributed by atoms with E-state index < -0.39 is 5.92 Å². The Labute approximate surface area is 172 Å². The molecule has 1 amide bonds. The summed E-state index contributed by atoms with van der Waals surface area (Å²) in [5.41, 5.74) is 2.13. The number of hydrogen-bond acceptors (Lipinski definition) is 3. The number of hydrogen-bond donors (Lipinski definition) is 1. The van der Waals surface area contributed by atoms with Crippen LogP contribution in [0, 0.1) is 6.92 Å². The number of carbonyl (C=O) groups excluding carboxylic acids is 1. The van der Waals surface area contributed by atoms with Crippen molar-refractivity contribution in [3.8, 4) is 0 Å². The highest BCUT2D eigenvalue weighted by Crippen LogP contribution is 2.33. The van der Waals surface area contributed by atoms with Gasteiger partial charge in [-0.3, -0.25) is 4.79 Å². The highest BCUT2D eigenvalue weighted by atomic mass is 35.5. The third-order valence-corrected chi connectivity index (χ3v) is 5.46. The van der Waals surface area contributed by atoms with Crippen molar-refractivity contribution < 1.29 is 13.6 Å². The maximum atomic E-state index is 13.5. The fourth-order valence-corrected chi connectivity index (χ4v) is 3.85. The summed E-state index contributed by atoms with van der Waals surface area (Å²) in [5.74, 6) is -2.35. The quantitative estimate of drug-likeness (QED) is 0.587. The summed E-state index contributed by atoms with van der Waals surface area (Å²) >= 11 is 6.06. The molecule has 3 aromatic rings. The van der Waals surface area contributed by atoms with E-state index in [0.717, 1.165) is 22.0 Å². The number of anilines is 2. The van der Waals surface area contributed by atoms with E-state index in [0.29, 0.717) is 16.4 Å². The second-order valence-electron chi connectivity index (χ2n) is 7.30. The number of pyridine rings is 1. The first kappa shape index (κ1) is 19.6. The number of nitrogens with zero attached hydrogens (tertiary/aromatic N) is 2. The van der Waals surface area contributed by atoms with Crippen LogP contribution >= 0.6 is 11.6 Å². The summed E-state index contributed by atoms with van der Waals surface area (Å²) in [7, 11) is 0. The molecule has 2 heterocycles. The SMILES string of the molecule is Cc1cccc2c(Nc3cccc(Cl)c3)ncc(C(=O)N3CCC(F)(F)CC3)c12. The molecule has 7 heteroatoms. The molecule has 29 heavy (non-hydrogen) atoms. The van der Waals surface area contributed by atoms with Crippen LogP contribution in [0.3, 0.4) is 0 Å². The zero-order valence-corrected chi connectivity index (χ0v) is 16.6. The van der Waals surface area contributed by atoms with E-state index in [1.54, 1.807) is 12.1 Å². The highest BCUT2D eigenvalue weighted by Gasteiger charge is 2.36. The van der Waals surface area contributed by atoms with Gasteiger partial charge in [-0.05, 0) is 30.7 Å². The van der Waals surface area contributed by atoms with Crippen molar-refractivity contribution in [1.82, 2.24) is 9.88 Å². The fraction of sp³-hybridized carbons (Fsp3) is 0.273. The molecular weight excluding hydrogens is 396 g/mol. The first-order chi connectivity index (χ1) is 13.8. The predicted octanol–water partition coefficient (Wildman–Crippen LogP) is 5.81. The fourth-order valence-electron chi connectivity index (χ4n) is 3.66. The maximum absolute atomic E-state index is 13.5. The van der Waals surface area contributed by atoms with Gasteiger partial charge in [0, 0.05) is 53.6 Å². The summed E-state index contributed by atoms with van der Waals surface area (Å²) in [6.45, 7) is 2.01. The van der Waals surface area contributed by atoms with Crippen LogP contribution in [0.1, 0.15) is 28.8 Å². The van der Waals surface area contributed by atoms with Gasteiger partial charge in [-0.15, -0.1) is 0 Å². The number of halogens is 3. The van der Waals surface area contributed by atoms with Crippen molar-refractivity contribution >= 4 is 39.8 Å². The number of rotatable bonds is 3. The normalized spacial score (nSPS) is 16.1. The van der Waals surface area contributed by atoms with Crippen LogP contribution in [-0.4, -0.2) is 34.8 Å². The second kappa shape index (κ2) is 7.59. The number of likely N-dealkylation sites (tertiary alicyclic amines) is 1. The Morgan fingerprint density at radius 1 is 1.17 bits per heavy atom. The number of piperidine rings is 1. The number of benzene rings is 2. The molecule has 0 unspecified atom stereocenters. The van der Waals surface area contributed by atoms with Crippen LogP contribution < -0.4 is 5.32 Å². The van der Waals surface area contributed by atoms with E-state index in [9.17, 15) is 13.6 Å². The zero-order valence-electron chi connectivity index (χ0n) is 15.9. The van der Waals surface area contributed by atoms with Gasteiger partial charge < -0.3 is 10.2 Å². The van der Waals surface area contributed by atoms with Crippen LogP contribution in [0.4, 0.5) is 20.3 Å². The van der Waals surface area contributed by atoms with Crippen LogP contribution in [0.15, 0.2) is 48.7 Å². The number of carbonyl (C=O) groups is 1. The summed E-state index contributed by atoms with van der Waals surface area (Å²) < 4.78 is 27.0. The number of fused-ring (bicyclic) bond motifs is 1. The van der Waals surface area contributed by atoms with Crippen molar-refractivity contribution in [2.75, 3.05) is 18.4 Å². The molecule has 0 radical (unpaired) electrons. The number of nitrogens with one attached hydrogen (secondary N) is 1. The summed E-state index contributed by atoms with van der Waals surface area (Å²) in [6.07, 6.45) is 0.909. The second-order valence-corrected chi connectivity index (χ2v) is 7.74. The van der Waals surface area contributed by atoms with E-state index in [1.807, 2.05) is 37.3 Å². The third kappa shape index (κ3) is 4.03. The molecule has 1 saturated heterocycles. The zero-order chi connectivity index (χ0) is 20.6. The Balaban J connectivity index is 1.72. The molecule has 1 fully saturated rings. The molecule has 1 aliphatic heterocycles. The lowest BCUT2D eigenvalue weighted by Crippen LogP contribution is -2.42. The minimum atomic E-state index is -2.70. The maximum Gasteiger partial charge on any atom is 0.256 e. The number of amides is 1. The average Bonchev–Trinajstić information content (AvgIpc) is 2.68. The van der Waals surface area contributed by atoms with E-state index in [1.165, 1.54) is 11.1 Å². The Morgan fingerprint density at radius 3 is 2.62 bits per heavy atom. The van der Waals surface area contributed by atoms with Gasteiger partial charge in [-0.2, -0.15) is 0 Å². The average molecular weight is 416 g/mol. The van der Waals surface area contributed by atoms with Gasteiger partial charge in [0.05, 0.1) is 5.56 Å². The molecule has 0 saturated carbocycles. The first-order valence-electron chi connectivity index (χ1n) is 9.42. The Kier molecular flexibility index (Phi) is 5.13.